The Balaban J connectivity index is 1.41. The van der Waals surface area contributed by atoms with Crippen LogP contribution in [0.5, 0.6) is 11.5 Å². The maximum Gasteiger partial charge on any atom is 0.319 e. The summed E-state index contributed by atoms with van der Waals surface area (Å²) in [5, 5.41) is 15.9. The molecule has 0 saturated heterocycles. The molecule has 24 heavy (non-hydrogen) atoms. The van der Waals surface area contributed by atoms with E-state index < -0.39 is 6.10 Å². The highest BCUT2D eigenvalue weighted by molar-refractivity contribution is 5.90. The molecule has 4 rings (SSSR count). The number of carbonyl (C=O) groups excluding carboxylic acids is 1. The third-order valence-electron chi connectivity index (χ3n) is 4.31. The van der Waals surface area contributed by atoms with Crippen LogP contribution in [-0.2, 0) is 6.42 Å². The van der Waals surface area contributed by atoms with Crippen molar-refractivity contribution in [3.05, 3.63) is 53.6 Å². The lowest BCUT2D eigenvalue weighted by Gasteiger charge is -2.20. The minimum Gasteiger partial charge on any atom is -0.486 e. The largest absolute Gasteiger partial charge is 0.486 e. The smallest absolute Gasteiger partial charge is 0.319 e. The van der Waals surface area contributed by atoms with Gasteiger partial charge in [-0.2, -0.15) is 0 Å². The summed E-state index contributed by atoms with van der Waals surface area (Å²) in [7, 11) is 0. The lowest BCUT2D eigenvalue weighted by Crippen LogP contribution is -2.40. The van der Waals surface area contributed by atoms with Gasteiger partial charge in [-0.1, -0.05) is 24.3 Å². The van der Waals surface area contributed by atoms with Gasteiger partial charge in [-0.05, 0) is 29.7 Å². The van der Waals surface area contributed by atoms with Gasteiger partial charge in [-0.15, -0.1) is 0 Å². The molecule has 0 radical (unpaired) electrons. The number of hydrogen-bond acceptors (Lipinski definition) is 4. The zero-order valence-corrected chi connectivity index (χ0v) is 13.0. The average molecular weight is 326 g/mol. The van der Waals surface area contributed by atoms with E-state index in [9.17, 15) is 9.90 Å². The number of nitrogens with one attached hydrogen (secondary N) is 2. The van der Waals surface area contributed by atoms with E-state index in [0.29, 0.717) is 36.8 Å². The summed E-state index contributed by atoms with van der Waals surface area (Å²) in [4.78, 5) is 12.2. The van der Waals surface area contributed by atoms with Crippen LogP contribution in [-0.4, -0.2) is 30.4 Å². The molecule has 1 aliphatic heterocycles. The average Bonchev–Trinajstić information content (AvgIpc) is 2.91. The van der Waals surface area contributed by atoms with E-state index in [4.69, 9.17) is 9.47 Å². The number of carbonyl (C=O) groups is 1. The van der Waals surface area contributed by atoms with Crippen molar-refractivity contribution in [2.75, 3.05) is 18.5 Å². The molecule has 2 amide bonds. The van der Waals surface area contributed by atoms with Crippen LogP contribution in [0.3, 0.4) is 0 Å². The Labute approximate surface area is 139 Å². The lowest BCUT2D eigenvalue weighted by atomic mass is 10.1. The molecular formula is C18H18N2O4. The molecule has 1 aliphatic carbocycles. The van der Waals surface area contributed by atoms with E-state index >= 15 is 0 Å². The van der Waals surface area contributed by atoms with Gasteiger partial charge in [0.05, 0.1) is 12.1 Å². The second-order valence-corrected chi connectivity index (χ2v) is 5.91. The van der Waals surface area contributed by atoms with Crippen LogP contribution in [0, 0.1) is 0 Å². The van der Waals surface area contributed by atoms with Crippen LogP contribution in [0.1, 0.15) is 17.2 Å². The molecule has 6 nitrogen and oxygen atoms in total. The normalized spacial score (nSPS) is 21.0. The van der Waals surface area contributed by atoms with Gasteiger partial charge in [-0.3, -0.25) is 0 Å². The number of anilines is 1. The molecule has 0 saturated carbocycles. The zero-order valence-electron chi connectivity index (χ0n) is 13.0. The molecule has 3 N–H and O–H groups in total. The molecule has 0 unspecified atom stereocenters. The first-order valence-electron chi connectivity index (χ1n) is 7.94. The quantitative estimate of drug-likeness (QED) is 0.791. The first kappa shape index (κ1) is 14.8. The molecule has 124 valence electrons. The number of hydrogen-bond donors (Lipinski definition) is 3. The number of urea groups is 1. The van der Waals surface area contributed by atoms with Gasteiger partial charge in [-0.25, -0.2) is 4.79 Å². The Kier molecular flexibility index (Phi) is 3.74. The number of rotatable bonds is 2. The molecule has 2 aromatic carbocycles. The SMILES string of the molecule is O=C(Nc1ccc2c(c1)OCCO2)N[C@@H]1Cc2ccccc2[C@@H]1O. The molecule has 0 fully saturated rings. The summed E-state index contributed by atoms with van der Waals surface area (Å²) in [5.41, 5.74) is 2.55. The molecule has 2 atom stereocenters. The van der Waals surface area contributed by atoms with Crippen molar-refractivity contribution >= 4 is 11.7 Å². The number of fused-ring (bicyclic) bond motifs is 2. The Hall–Kier alpha value is -2.73. The Bertz CT molecular complexity index is 777. The maximum absolute atomic E-state index is 12.2. The maximum atomic E-state index is 12.2. The van der Waals surface area contributed by atoms with Crippen LogP contribution in [0.2, 0.25) is 0 Å². The topological polar surface area (TPSA) is 79.8 Å². The summed E-state index contributed by atoms with van der Waals surface area (Å²) >= 11 is 0. The summed E-state index contributed by atoms with van der Waals surface area (Å²) in [6, 6.07) is 12.2. The molecule has 2 aliphatic rings. The highest BCUT2D eigenvalue weighted by Crippen LogP contribution is 2.33. The predicted octanol–water partition coefficient (Wildman–Crippen LogP) is 2.24. The summed E-state index contributed by atoms with van der Waals surface area (Å²) in [5.74, 6) is 1.29. The number of aliphatic hydroxyl groups excluding tert-OH is 1. The van der Waals surface area contributed by atoms with Gasteiger partial charge >= 0.3 is 6.03 Å². The van der Waals surface area contributed by atoms with Gasteiger partial charge < -0.3 is 25.2 Å². The Morgan fingerprint density at radius 2 is 1.88 bits per heavy atom. The molecule has 0 spiro atoms. The summed E-state index contributed by atoms with van der Waals surface area (Å²) < 4.78 is 11.0. The van der Waals surface area contributed by atoms with Gasteiger partial charge in [0.25, 0.3) is 0 Å². The van der Waals surface area contributed by atoms with Crippen molar-refractivity contribution in [1.29, 1.82) is 0 Å². The second kappa shape index (κ2) is 6.05. The van der Waals surface area contributed by atoms with Gasteiger partial charge in [0.15, 0.2) is 11.5 Å². The summed E-state index contributed by atoms with van der Waals surface area (Å²) in [6.07, 6.45) is -0.0708. The van der Waals surface area contributed by atoms with E-state index in [1.807, 2.05) is 24.3 Å². The van der Waals surface area contributed by atoms with Crippen LogP contribution in [0.4, 0.5) is 10.5 Å². The third kappa shape index (κ3) is 2.76. The highest BCUT2D eigenvalue weighted by atomic mass is 16.6. The highest BCUT2D eigenvalue weighted by Gasteiger charge is 2.31. The first-order chi connectivity index (χ1) is 11.7. The molecule has 0 bridgehead atoms. The van der Waals surface area contributed by atoms with Crippen LogP contribution < -0.4 is 20.1 Å². The van der Waals surface area contributed by atoms with Crippen molar-refractivity contribution in [2.24, 2.45) is 0 Å². The zero-order chi connectivity index (χ0) is 16.5. The first-order valence-corrected chi connectivity index (χ1v) is 7.94. The van der Waals surface area contributed by atoms with Crippen LogP contribution >= 0.6 is 0 Å². The molecular weight excluding hydrogens is 308 g/mol. The fourth-order valence-corrected chi connectivity index (χ4v) is 3.16. The van der Waals surface area contributed by atoms with Gasteiger partial charge in [0.1, 0.15) is 13.2 Å². The van der Waals surface area contributed by atoms with E-state index in [1.54, 1.807) is 18.2 Å². The lowest BCUT2D eigenvalue weighted by molar-refractivity contribution is 0.145. The summed E-state index contributed by atoms with van der Waals surface area (Å²) in [6.45, 7) is 1.02. The molecule has 1 heterocycles. The minimum absolute atomic E-state index is 0.334. The van der Waals surface area contributed by atoms with Crippen molar-refractivity contribution < 1.29 is 19.4 Å². The third-order valence-corrected chi connectivity index (χ3v) is 4.31. The monoisotopic (exact) mass is 326 g/mol. The molecule has 0 aromatic heterocycles. The Morgan fingerprint density at radius 1 is 1.08 bits per heavy atom. The van der Waals surface area contributed by atoms with Gasteiger partial charge in [0.2, 0.25) is 0 Å². The number of ether oxygens (including phenoxy) is 2. The van der Waals surface area contributed by atoms with Crippen molar-refractivity contribution in [3.63, 3.8) is 0 Å². The fourth-order valence-electron chi connectivity index (χ4n) is 3.16. The minimum atomic E-state index is -0.688. The van der Waals surface area contributed by atoms with Gasteiger partial charge in [0, 0.05) is 11.8 Å². The van der Waals surface area contributed by atoms with E-state index in [0.717, 1.165) is 11.1 Å². The van der Waals surface area contributed by atoms with Crippen molar-refractivity contribution in [1.82, 2.24) is 5.32 Å². The van der Waals surface area contributed by atoms with Crippen molar-refractivity contribution in [3.8, 4) is 11.5 Å². The number of aliphatic hydroxyl groups is 1. The van der Waals surface area contributed by atoms with Crippen LogP contribution in [0.15, 0.2) is 42.5 Å². The van der Waals surface area contributed by atoms with E-state index in [2.05, 4.69) is 10.6 Å². The fraction of sp³-hybridized carbons (Fsp3) is 0.278. The van der Waals surface area contributed by atoms with E-state index in [-0.39, 0.29) is 12.1 Å². The standard InChI is InChI=1S/C18H18N2O4/c21-17-13-4-2-1-3-11(13)9-14(17)20-18(22)19-12-5-6-15-16(10-12)24-8-7-23-15/h1-6,10,14,17,21H,7-9H2,(H2,19,20,22)/t14-,17+/m1/s1. The molecule has 2 aromatic rings. The predicted molar refractivity (Wildman–Crippen MR) is 88.5 cm³/mol. The number of amides is 2. The van der Waals surface area contributed by atoms with Crippen molar-refractivity contribution in [2.45, 2.75) is 18.6 Å². The second-order valence-electron chi connectivity index (χ2n) is 5.91. The molecule has 6 heteroatoms. The van der Waals surface area contributed by atoms with E-state index in [1.165, 1.54) is 0 Å². The Morgan fingerprint density at radius 3 is 2.71 bits per heavy atom. The number of benzene rings is 2. The van der Waals surface area contributed by atoms with Crippen LogP contribution in [0.25, 0.3) is 0 Å².